The molecule has 2 aromatic rings. The van der Waals surface area contributed by atoms with Gasteiger partial charge in [0.25, 0.3) is 5.91 Å². The van der Waals surface area contributed by atoms with Gasteiger partial charge in [0.1, 0.15) is 11.5 Å². The Morgan fingerprint density at radius 1 is 1.32 bits per heavy atom. The third-order valence-electron chi connectivity index (χ3n) is 2.89. The van der Waals surface area contributed by atoms with Crippen molar-refractivity contribution in [3.63, 3.8) is 0 Å². The summed E-state index contributed by atoms with van der Waals surface area (Å²) >= 11 is 0. The number of nitrogen functional groups attached to an aromatic ring is 1. The number of carbonyl (C=O) groups is 1. The van der Waals surface area contributed by atoms with Crippen LogP contribution in [0.1, 0.15) is 21.9 Å². The molecule has 0 atom stereocenters. The van der Waals surface area contributed by atoms with Crippen molar-refractivity contribution in [1.29, 1.82) is 0 Å². The summed E-state index contributed by atoms with van der Waals surface area (Å²) in [7, 11) is 1.86. The summed E-state index contributed by atoms with van der Waals surface area (Å²) in [6.45, 7) is 2.43. The molecule has 1 heterocycles. The minimum atomic E-state index is -0.475. The van der Waals surface area contributed by atoms with Crippen LogP contribution in [0.5, 0.6) is 0 Å². The third-order valence-corrected chi connectivity index (χ3v) is 2.89. The number of hydrogen-bond donors (Lipinski definition) is 2. The molecule has 0 saturated heterocycles. The highest BCUT2D eigenvalue weighted by Gasteiger charge is 2.13. The van der Waals surface area contributed by atoms with Crippen LogP contribution in [0.15, 0.2) is 34.7 Å². The number of amides is 1. The number of primary amides is 1. The van der Waals surface area contributed by atoms with Gasteiger partial charge in [-0.1, -0.05) is 0 Å². The van der Waals surface area contributed by atoms with Crippen molar-refractivity contribution < 1.29 is 9.21 Å². The lowest BCUT2D eigenvalue weighted by molar-refractivity contribution is 0.100. The molecule has 1 aromatic carbocycles. The van der Waals surface area contributed by atoms with Crippen LogP contribution in [0.4, 0.5) is 11.4 Å². The molecular formula is C14H17N3O2. The highest BCUT2D eigenvalue weighted by molar-refractivity contribution is 5.99. The molecule has 0 bridgehead atoms. The maximum absolute atomic E-state index is 11.4. The summed E-state index contributed by atoms with van der Waals surface area (Å²) in [4.78, 5) is 13.3. The topological polar surface area (TPSA) is 85.5 Å². The Bertz CT molecular complexity index is 604. The van der Waals surface area contributed by atoms with Gasteiger partial charge in [0.2, 0.25) is 0 Å². The SMILES string of the molecule is Cc1ccc(CN(C)c2cc(N)ccc2C(N)=O)o1. The fourth-order valence-electron chi connectivity index (χ4n) is 1.96. The molecule has 0 aliphatic heterocycles. The molecule has 2 rings (SSSR count). The van der Waals surface area contributed by atoms with Crippen molar-refractivity contribution in [3.05, 3.63) is 47.4 Å². The number of benzene rings is 1. The Hall–Kier alpha value is -2.43. The van der Waals surface area contributed by atoms with Crippen LogP contribution in [0, 0.1) is 6.92 Å². The van der Waals surface area contributed by atoms with Crippen LogP contribution in [-0.4, -0.2) is 13.0 Å². The smallest absolute Gasteiger partial charge is 0.250 e. The maximum Gasteiger partial charge on any atom is 0.250 e. The number of hydrogen-bond acceptors (Lipinski definition) is 4. The second-order valence-electron chi connectivity index (χ2n) is 4.51. The van der Waals surface area contributed by atoms with E-state index >= 15 is 0 Å². The number of furan rings is 1. The van der Waals surface area contributed by atoms with Crippen LogP contribution < -0.4 is 16.4 Å². The average molecular weight is 259 g/mol. The van der Waals surface area contributed by atoms with E-state index in [2.05, 4.69) is 0 Å². The fraction of sp³-hybridized carbons (Fsp3) is 0.214. The first-order valence-corrected chi connectivity index (χ1v) is 5.93. The second-order valence-corrected chi connectivity index (χ2v) is 4.51. The molecule has 5 heteroatoms. The first-order valence-electron chi connectivity index (χ1n) is 5.93. The molecule has 0 spiro atoms. The summed E-state index contributed by atoms with van der Waals surface area (Å²) in [6.07, 6.45) is 0. The van der Waals surface area contributed by atoms with E-state index in [0.717, 1.165) is 11.5 Å². The molecule has 19 heavy (non-hydrogen) atoms. The molecule has 1 aromatic heterocycles. The molecule has 4 N–H and O–H groups in total. The Morgan fingerprint density at radius 3 is 2.63 bits per heavy atom. The first kappa shape index (κ1) is 13.0. The lowest BCUT2D eigenvalue weighted by Crippen LogP contribution is -2.22. The normalized spacial score (nSPS) is 10.4. The average Bonchev–Trinajstić information content (AvgIpc) is 2.74. The Labute approximate surface area is 111 Å². The first-order chi connectivity index (χ1) is 8.97. The third kappa shape index (κ3) is 2.88. The molecule has 0 aliphatic carbocycles. The van der Waals surface area contributed by atoms with E-state index in [9.17, 15) is 4.79 Å². The fourth-order valence-corrected chi connectivity index (χ4v) is 1.96. The number of anilines is 2. The molecule has 0 radical (unpaired) electrons. The van der Waals surface area contributed by atoms with E-state index in [1.165, 1.54) is 0 Å². The lowest BCUT2D eigenvalue weighted by Gasteiger charge is -2.20. The predicted molar refractivity (Wildman–Crippen MR) is 74.9 cm³/mol. The van der Waals surface area contributed by atoms with Crippen molar-refractivity contribution in [1.82, 2.24) is 0 Å². The van der Waals surface area contributed by atoms with Crippen LogP contribution >= 0.6 is 0 Å². The minimum Gasteiger partial charge on any atom is -0.464 e. The van der Waals surface area contributed by atoms with Gasteiger partial charge in [-0.3, -0.25) is 4.79 Å². The van der Waals surface area contributed by atoms with E-state index < -0.39 is 5.91 Å². The quantitative estimate of drug-likeness (QED) is 0.821. The van der Waals surface area contributed by atoms with Crippen LogP contribution in [-0.2, 0) is 6.54 Å². The van der Waals surface area contributed by atoms with Gasteiger partial charge in [0.05, 0.1) is 17.8 Å². The molecule has 0 saturated carbocycles. The number of carbonyl (C=O) groups excluding carboxylic acids is 1. The molecule has 0 fully saturated rings. The number of aryl methyl sites for hydroxylation is 1. The van der Waals surface area contributed by atoms with Crippen LogP contribution in [0.2, 0.25) is 0 Å². The van der Waals surface area contributed by atoms with Crippen LogP contribution in [0.3, 0.4) is 0 Å². The monoisotopic (exact) mass is 259 g/mol. The largest absolute Gasteiger partial charge is 0.464 e. The highest BCUT2D eigenvalue weighted by Crippen LogP contribution is 2.24. The van der Waals surface area contributed by atoms with Crippen molar-refractivity contribution in [2.75, 3.05) is 17.7 Å². The predicted octanol–water partition coefficient (Wildman–Crippen LogP) is 1.91. The highest BCUT2D eigenvalue weighted by atomic mass is 16.3. The molecule has 1 amide bonds. The van der Waals surface area contributed by atoms with Gasteiger partial charge in [0, 0.05) is 12.7 Å². The van der Waals surface area contributed by atoms with E-state index in [0.29, 0.717) is 23.5 Å². The van der Waals surface area contributed by atoms with E-state index in [4.69, 9.17) is 15.9 Å². The van der Waals surface area contributed by atoms with E-state index in [1.807, 2.05) is 31.0 Å². The van der Waals surface area contributed by atoms with Gasteiger partial charge in [-0.15, -0.1) is 0 Å². The van der Waals surface area contributed by atoms with Crippen molar-refractivity contribution in [3.8, 4) is 0 Å². The second kappa shape index (κ2) is 5.06. The van der Waals surface area contributed by atoms with Crippen molar-refractivity contribution in [2.24, 2.45) is 5.73 Å². The van der Waals surface area contributed by atoms with Crippen molar-refractivity contribution >= 4 is 17.3 Å². The minimum absolute atomic E-state index is 0.444. The van der Waals surface area contributed by atoms with Gasteiger partial charge in [-0.2, -0.15) is 0 Å². The van der Waals surface area contributed by atoms with Gasteiger partial charge >= 0.3 is 0 Å². The van der Waals surface area contributed by atoms with E-state index in [1.54, 1.807) is 18.2 Å². The van der Waals surface area contributed by atoms with Crippen molar-refractivity contribution in [2.45, 2.75) is 13.5 Å². The van der Waals surface area contributed by atoms with Gasteiger partial charge in [0.15, 0.2) is 0 Å². The zero-order valence-corrected chi connectivity index (χ0v) is 11.0. The number of nitrogens with two attached hydrogens (primary N) is 2. The summed E-state index contributed by atoms with van der Waals surface area (Å²) in [5.74, 6) is 1.20. The molecule has 5 nitrogen and oxygen atoms in total. The molecule has 100 valence electrons. The molecule has 0 unspecified atom stereocenters. The standard InChI is InChI=1S/C14H17N3O2/c1-9-3-5-11(19-9)8-17(2)13-7-10(15)4-6-12(13)14(16)18/h3-7H,8,15H2,1-2H3,(H2,16,18). The molecule has 0 aliphatic rings. The van der Waals surface area contributed by atoms with E-state index in [-0.39, 0.29) is 0 Å². The summed E-state index contributed by atoms with van der Waals surface area (Å²) in [5, 5.41) is 0. The Balaban J connectivity index is 2.29. The summed E-state index contributed by atoms with van der Waals surface area (Å²) < 4.78 is 5.52. The Kier molecular flexibility index (Phi) is 3.46. The van der Waals surface area contributed by atoms with Gasteiger partial charge < -0.3 is 20.8 Å². The zero-order valence-electron chi connectivity index (χ0n) is 11.0. The Morgan fingerprint density at radius 2 is 2.05 bits per heavy atom. The lowest BCUT2D eigenvalue weighted by atomic mass is 10.1. The number of rotatable bonds is 4. The summed E-state index contributed by atoms with van der Waals surface area (Å²) in [5.41, 5.74) is 12.9. The van der Waals surface area contributed by atoms with Gasteiger partial charge in [-0.05, 0) is 37.3 Å². The zero-order chi connectivity index (χ0) is 14.0. The summed E-state index contributed by atoms with van der Waals surface area (Å²) in [6, 6.07) is 8.83. The number of nitrogens with zero attached hydrogens (tertiary/aromatic N) is 1. The van der Waals surface area contributed by atoms with Crippen LogP contribution in [0.25, 0.3) is 0 Å². The molecular weight excluding hydrogens is 242 g/mol. The maximum atomic E-state index is 11.4. The van der Waals surface area contributed by atoms with Gasteiger partial charge in [-0.25, -0.2) is 0 Å².